The predicted octanol–water partition coefficient (Wildman–Crippen LogP) is 3.78. The average Bonchev–Trinajstić information content (AvgIpc) is 2.64. The first-order valence-electron chi connectivity index (χ1n) is 9.07. The summed E-state index contributed by atoms with van der Waals surface area (Å²) in [6.07, 6.45) is 0.134. The van der Waals surface area contributed by atoms with E-state index in [0.717, 1.165) is 22.4 Å². The van der Waals surface area contributed by atoms with Crippen LogP contribution in [-0.4, -0.2) is 31.4 Å². The maximum absolute atomic E-state index is 12.5. The first kappa shape index (κ1) is 21.2. The average molecular weight is 382 g/mol. The van der Waals surface area contributed by atoms with Gasteiger partial charge < -0.3 is 15.0 Å². The summed E-state index contributed by atoms with van der Waals surface area (Å²) in [7, 11) is 1.30. The van der Waals surface area contributed by atoms with E-state index in [9.17, 15) is 14.4 Å². The first-order valence-corrected chi connectivity index (χ1v) is 9.07. The van der Waals surface area contributed by atoms with Gasteiger partial charge in [0, 0.05) is 31.3 Å². The van der Waals surface area contributed by atoms with Crippen LogP contribution in [0.15, 0.2) is 36.4 Å². The number of nitrogens with zero attached hydrogens (tertiary/aromatic N) is 1. The van der Waals surface area contributed by atoms with Crippen LogP contribution in [0.3, 0.4) is 0 Å². The molecule has 0 spiro atoms. The van der Waals surface area contributed by atoms with Gasteiger partial charge in [0.25, 0.3) is 0 Å². The van der Waals surface area contributed by atoms with E-state index in [1.54, 1.807) is 24.3 Å². The number of nitrogens with one attached hydrogen (secondary N) is 1. The van der Waals surface area contributed by atoms with Crippen molar-refractivity contribution in [3.63, 3.8) is 0 Å². The lowest BCUT2D eigenvalue weighted by Gasteiger charge is -2.22. The number of amides is 2. The summed E-state index contributed by atoms with van der Waals surface area (Å²) >= 11 is 0. The summed E-state index contributed by atoms with van der Waals surface area (Å²) in [4.78, 5) is 37.7. The molecule has 28 heavy (non-hydrogen) atoms. The van der Waals surface area contributed by atoms with Crippen molar-refractivity contribution in [2.75, 3.05) is 23.9 Å². The van der Waals surface area contributed by atoms with E-state index in [2.05, 4.69) is 5.32 Å². The maximum atomic E-state index is 12.5. The van der Waals surface area contributed by atoms with E-state index in [1.165, 1.54) is 18.9 Å². The number of carbonyl (C=O) groups excluding carboxylic acids is 3. The van der Waals surface area contributed by atoms with E-state index in [0.29, 0.717) is 11.3 Å². The zero-order valence-electron chi connectivity index (χ0n) is 17.0. The fourth-order valence-electron chi connectivity index (χ4n) is 3.18. The van der Waals surface area contributed by atoms with Crippen LogP contribution in [-0.2, 0) is 14.3 Å². The molecule has 0 saturated heterocycles. The second kappa shape index (κ2) is 9.17. The molecule has 2 aromatic carbocycles. The van der Waals surface area contributed by atoms with Crippen molar-refractivity contribution in [2.24, 2.45) is 0 Å². The van der Waals surface area contributed by atoms with Crippen LogP contribution >= 0.6 is 0 Å². The Balaban J connectivity index is 2.11. The highest BCUT2D eigenvalue weighted by Gasteiger charge is 2.16. The highest BCUT2D eigenvalue weighted by molar-refractivity contribution is 5.97. The Labute approximate surface area is 165 Å². The molecule has 0 heterocycles. The van der Waals surface area contributed by atoms with Crippen molar-refractivity contribution >= 4 is 29.2 Å². The fourth-order valence-corrected chi connectivity index (χ4v) is 3.18. The number of methoxy groups -OCH3 is 1. The zero-order chi connectivity index (χ0) is 20.8. The predicted molar refractivity (Wildman–Crippen MR) is 110 cm³/mol. The molecule has 0 unspecified atom stereocenters. The van der Waals surface area contributed by atoms with Gasteiger partial charge in [0.15, 0.2) is 0 Å². The normalized spacial score (nSPS) is 10.3. The van der Waals surface area contributed by atoms with Crippen molar-refractivity contribution in [1.82, 2.24) is 0 Å². The summed E-state index contributed by atoms with van der Waals surface area (Å²) in [6, 6.07) is 10.6. The zero-order valence-corrected chi connectivity index (χ0v) is 17.0. The summed E-state index contributed by atoms with van der Waals surface area (Å²) in [5.74, 6) is -0.864. The topological polar surface area (TPSA) is 75.7 Å². The molecule has 0 radical (unpaired) electrons. The molecule has 0 aromatic heterocycles. The summed E-state index contributed by atoms with van der Waals surface area (Å²) in [5.41, 5.74) is 4.84. The minimum atomic E-state index is -0.478. The Hall–Kier alpha value is -3.15. The molecule has 0 aliphatic rings. The van der Waals surface area contributed by atoms with E-state index in [4.69, 9.17) is 4.74 Å². The largest absolute Gasteiger partial charge is 0.465 e. The van der Waals surface area contributed by atoms with Crippen LogP contribution in [0, 0.1) is 20.8 Å². The Morgan fingerprint density at radius 1 is 1.04 bits per heavy atom. The summed E-state index contributed by atoms with van der Waals surface area (Å²) in [6.45, 7) is 7.55. The summed E-state index contributed by atoms with van der Waals surface area (Å²) in [5, 5.41) is 2.94. The number of hydrogen-bond donors (Lipinski definition) is 1. The molecule has 2 rings (SSSR count). The lowest BCUT2D eigenvalue weighted by atomic mass is 10.0. The molecule has 2 aromatic rings. The Morgan fingerprint density at radius 3 is 2.25 bits per heavy atom. The lowest BCUT2D eigenvalue weighted by Crippen LogP contribution is -2.32. The number of ether oxygens (including phenoxy) is 1. The Morgan fingerprint density at radius 2 is 1.68 bits per heavy atom. The van der Waals surface area contributed by atoms with E-state index in [1.807, 2.05) is 32.9 Å². The van der Waals surface area contributed by atoms with Gasteiger partial charge in [-0.1, -0.05) is 23.8 Å². The SMILES string of the molecule is COC(=O)c1cccc(N(CCC(=O)Nc2c(C)cc(C)cc2C)C(C)=O)c1. The van der Waals surface area contributed by atoms with Crippen molar-refractivity contribution < 1.29 is 19.1 Å². The highest BCUT2D eigenvalue weighted by Crippen LogP contribution is 2.22. The van der Waals surface area contributed by atoms with Crippen LogP contribution in [0.4, 0.5) is 11.4 Å². The molecule has 0 bridgehead atoms. The number of benzene rings is 2. The number of hydrogen-bond acceptors (Lipinski definition) is 4. The molecular formula is C22H26N2O4. The number of aryl methyl sites for hydroxylation is 3. The second-order valence-electron chi connectivity index (χ2n) is 6.78. The fraction of sp³-hybridized carbons (Fsp3) is 0.318. The monoisotopic (exact) mass is 382 g/mol. The standard InChI is InChI=1S/C22H26N2O4/c1-14-11-15(2)21(16(3)12-14)23-20(26)9-10-24(17(4)25)19-8-6-7-18(13-19)22(27)28-5/h6-8,11-13H,9-10H2,1-5H3,(H,23,26). The van der Waals surface area contributed by atoms with Crippen LogP contribution in [0.2, 0.25) is 0 Å². The van der Waals surface area contributed by atoms with Crippen molar-refractivity contribution in [3.05, 3.63) is 58.7 Å². The Bertz CT molecular complexity index is 882. The van der Waals surface area contributed by atoms with Gasteiger partial charge in [0.1, 0.15) is 0 Å². The molecule has 2 amide bonds. The van der Waals surface area contributed by atoms with E-state index in [-0.39, 0.29) is 24.8 Å². The van der Waals surface area contributed by atoms with Crippen LogP contribution in [0.25, 0.3) is 0 Å². The van der Waals surface area contributed by atoms with Crippen LogP contribution in [0.1, 0.15) is 40.4 Å². The lowest BCUT2D eigenvalue weighted by molar-refractivity contribution is -0.117. The van der Waals surface area contributed by atoms with Crippen molar-refractivity contribution in [3.8, 4) is 0 Å². The van der Waals surface area contributed by atoms with Crippen molar-refractivity contribution in [2.45, 2.75) is 34.1 Å². The molecular weight excluding hydrogens is 356 g/mol. The first-order chi connectivity index (χ1) is 13.2. The van der Waals surface area contributed by atoms with Crippen molar-refractivity contribution in [1.29, 1.82) is 0 Å². The molecule has 0 atom stereocenters. The third kappa shape index (κ3) is 5.19. The molecule has 0 aliphatic carbocycles. The third-order valence-corrected chi connectivity index (χ3v) is 4.46. The van der Waals surface area contributed by atoms with Crippen LogP contribution in [0.5, 0.6) is 0 Å². The van der Waals surface area contributed by atoms with Gasteiger partial charge in [-0.05, 0) is 50.1 Å². The van der Waals surface area contributed by atoms with Gasteiger partial charge in [0.2, 0.25) is 11.8 Å². The molecule has 6 heteroatoms. The molecule has 0 aliphatic heterocycles. The molecule has 148 valence electrons. The maximum Gasteiger partial charge on any atom is 0.337 e. The molecule has 6 nitrogen and oxygen atoms in total. The number of rotatable bonds is 6. The third-order valence-electron chi connectivity index (χ3n) is 4.46. The minimum Gasteiger partial charge on any atom is -0.465 e. The number of carbonyl (C=O) groups is 3. The Kier molecular flexibility index (Phi) is 6.93. The van der Waals surface area contributed by atoms with E-state index < -0.39 is 5.97 Å². The van der Waals surface area contributed by atoms with Crippen LogP contribution < -0.4 is 10.2 Å². The van der Waals surface area contributed by atoms with Gasteiger partial charge >= 0.3 is 5.97 Å². The minimum absolute atomic E-state index is 0.134. The van der Waals surface area contributed by atoms with Gasteiger partial charge in [0.05, 0.1) is 12.7 Å². The van der Waals surface area contributed by atoms with Gasteiger partial charge in [-0.2, -0.15) is 0 Å². The van der Waals surface area contributed by atoms with Gasteiger partial charge in [-0.3, -0.25) is 9.59 Å². The summed E-state index contributed by atoms with van der Waals surface area (Å²) < 4.78 is 4.72. The van der Waals surface area contributed by atoms with Gasteiger partial charge in [-0.15, -0.1) is 0 Å². The van der Waals surface area contributed by atoms with Gasteiger partial charge in [-0.25, -0.2) is 4.79 Å². The smallest absolute Gasteiger partial charge is 0.337 e. The molecule has 1 N–H and O–H groups in total. The molecule has 0 fully saturated rings. The second-order valence-corrected chi connectivity index (χ2v) is 6.78. The molecule has 0 saturated carbocycles. The highest BCUT2D eigenvalue weighted by atomic mass is 16.5. The number of esters is 1. The quantitative estimate of drug-likeness (QED) is 0.772. The van der Waals surface area contributed by atoms with E-state index >= 15 is 0 Å². The number of anilines is 2.